The fourth-order valence-electron chi connectivity index (χ4n) is 5.64. The number of aromatic nitrogens is 1. The van der Waals surface area contributed by atoms with E-state index in [9.17, 15) is 14.6 Å². The third-order valence-electron chi connectivity index (χ3n) is 8.30. The molecule has 0 aliphatic heterocycles. The van der Waals surface area contributed by atoms with Crippen LogP contribution < -0.4 is 0 Å². The summed E-state index contributed by atoms with van der Waals surface area (Å²) in [5.74, 6) is 0.883. The van der Waals surface area contributed by atoms with Crippen molar-refractivity contribution < 1.29 is 39.1 Å². The molecule has 231 valence electrons. The number of pyridine rings is 1. The minimum absolute atomic E-state index is 0. The summed E-state index contributed by atoms with van der Waals surface area (Å²) in [5.41, 5.74) is 5.04. The summed E-state index contributed by atoms with van der Waals surface area (Å²) >= 11 is 0. The van der Waals surface area contributed by atoms with Crippen LogP contribution >= 0.6 is 0 Å². The molecule has 6 heteroatoms. The van der Waals surface area contributed by atoms with E-state index in [2.05, 4.69) is 59.7 Å². The number of para-hydroxylation sites is 1. The molecule has 0 aliphatic rings. The number of allylic oxidation sites excluding steroid dienone is 1. The van der Waals surface area contributed by atoms with Crippen molar-refractivity contribution in [2.24, 2.45) is 11.8 Å². The fraction of sp³-hybridized carbons (Fsp3) is 0.378. The molecule has 1 unspecified atom stereocenters. The van der Waals surface area contributed by atoms with Crippen LogP contribution in [-0.2, 0) is 20.1 Å². The number of rotatable bonds is 9. The van der Waals surface area contributed by atoms with Gasteiger partial charge >= 0.3 is 0 Å². The Morgan fingerprint density at radius 3 is 2.28 bits per heavy atom. The van der Waals surface area contributed by atoms with Crippen molar-refractivity contribution in [3.05, 3.63) is 89.9 Å². The Bertz CT molecular complexity index is 1670. The van der Waals surface area contributed by atoms with Gasteiger partial charge in [0, 0.05) is 42.9 Å². The first-order chi connectivity index (χ1) is 20.2. The summed E-state index contributed by atoms with van der Waals surface area (Å²) < 4.78 is 19.6. The molecule has 5 rings (SSSR count). The standard InChI is InChI=1S/C24H17FNO.C13H26O2.Ir/c1-14(2)20-13-22(26-21-9-4-3-6-16(20)21)19-8-5-7-18-17-11-10-15(25)12-23(17)27-24(18)19;1-5-10(6-2)12(14)9-13(15)11(7-3)8-4;/h3-7,9-14H,1-2H3;9-12,14-15H,5-8H2,1-4H3;/q-1;;/b;13-9-;. The Morgan fingerprint density at radius 1 is 0.930 bits per heavy atom. The fourth-order valence-corrected chi connectivity index (χ4v) is 5.64. The molecule has 0 amide bonds. The molecule has 3 aromatic carbocycles. The Morgan fingerprint density at radius 2 is 1.63 bits per heavy atom. The van der Waals surface area contributed by atoms with Crippen LogP contribution in [0.2, 0.25) is 0 Å². The predicted octanol–water partition coefficient (Wildman–Crippen LogP) is 10.5. The summed E-state index contributed by atoms with van der Waals surface area (Å²) in [7, 11) is 0. The number of hydrogen-bond acceptors (Lipinski definition) is 4. The molecule has 2 N–H and O–H groups in total. The zero-order chi connectivity index (χ0) is 30.4. The van der Waals surface area contributed by atoms with Gasteiger partial charge in [-0.1, -0.05) is 89.6 Å². The number of aliphatic hydroxyl groups excluding tert-OH is 2. The Labute approximate surface area is 268 Å². The molecule has 4 nitrogen and oxygen atoms in total. The monoisotopic (exact) mass is 761 g/mol. The quantitative estimate of drug-likeness (QED) is 0.116. The summed E-state index contributed by atoms with van der Waals surface area (Å²) in [6, 6.07) is 22.0. The van der Waals surface area contributed by atoms with E-state index in [0.717, 1.165) is 58.6 Å². The molecule has 1 atom stereocenters. The third-order valence-corrected chi connectivity index (χ3v) is 8.30. The first-order valence-electron chi connectivity index (χ1n) is 15.2. The van der Waals surface area contributed by atoms with Gasteiger partial charge in [0.15, 0.2) is 0 Å². The summed E-state index contributed by atoms with van der Waals surface area (Å²) in [6.07, 6.45) is 4.88. The molecule has 43 heavy (non-hydrogen) atoms. The van der Waals surface area contributed by atoms with Crippen molar-refractivity contribution in [3.63, 3.8) is 0 Å². The van der Waals surface area contributed by atoms with Crippen LogP contribution in [0.25, 0.3) is 44.1 Å². The van der Waals surface area contributed by atoms with Crippen molar-refractivity contribution >= 4 is 32.8 Å². The van der Waals surface area contributed by atoms with E-state index in [0.29, 0.717) is 22.8 Å². The molecule has 2 aromatic heterocycles. The number of aliphatic hydroxyl groups is 2. The Hall–Kier alpha value is -3.05. The van der Waals surface area contributed by atoms with Crippen LogP contribution in [0.4, 0.5) is 4.39 Å². The second kappa shape index (κ2) is 15.6. The maximum atomic E-state index is 13.6. The van der Waals surface area contributed by atoms with Crippen molar-refractivity contribution in [2.75, 3.05) is 0 Å². The van der Waals surface area contributed by atoms with E-state index in [4.69, 9.17) is 9.40 Å². The summed E-state index contributed by atoms with van der Waals surface area (Å²) in [5, 5.41) is 22.7. The molecule has 5 aromatic rings. The number of furan rings is 1. The van der Waals surface area contributed by atoms with Crippen molar-refractivity contribution in [1.82, 2.24) is 4.98 Å². The second-order valence-corrected chi connectivity index (χ2v) is 11.3. The van der Waals surface area contributed by atoms with Crippen LogP contribution in [0.15, 0.2) is 76.9 Å². The van der Waals surface area contributed by atoms with Gasteiger partial charge in [0.25, 0.3) is 0 Å². The number of hydrogen-bond donors (Lipinski definition) is 2. The van der Waals surface area contributed by atoms with E-state index in [1.54, 1.807) is 12.1 Å². The molecule has 0 fully saturated rings. The number of benzene rings is 3. The van der Waals surface area contributed by atoms with E-state index in [1.165, 1.54) is 17.7 Å². The van der Waals surface area contributed by atoms with Gasteiger partial charge in [0.2, 0.25) is 0 Å². The number of nitrogens with zero attached hydrogens (tertiary/aromatic N) is 1. The average molecular weight is 761 g/mol. The van der Waals surface area contributed by atoms with Crippen LogP contribution in [-0.4, -0.2) is 21.3 Å². The molecule has 0 aliphatic carbocycles. The zero-order valence-electron chi connectivity index (χ0n) is 25.9. The minimum Gasteiger partial charge on any atom is -0.512 e. The first-order valence-corrected chi connectivity index (χ1v) is 15.2. The first kappa shape index (κ1) is 34.4. The Kier molecular flexibility index (Phi) is 12.5. The average Bonchev–Trinajstić information content (AvgIpc) is 3.35. The summed E-state index contributed by atoms with van der Waals surface area (Å²) in [4.78, 5) is 4.86. The van der Waals surface area contributed by atoms with E-state index < -0.39 is 6.10 Å². The van der Waals surface area contributed by atoms with Crippen LogP contribution in [0.5, 0.6) is 0 Å². The Balaban J connectivity index is 0.000000274. The minimum atomic E-state index is -0.499. The number of fused-ring (bicyclic) bond motifs is 4. The van der Waals surface area contributed by atoms with E-state index in [-0.39, 0.29) is 37.8 Å². The molecule has 0 saturated carbocycles. The molecule has 0 spiro atoms. The van der Waals surface area contributed by atoms with Gasteiger partial charge in [-0.05, 0) is 60.2 Å². The van der Waals surface area contributed by atoms with Crippen LogP contribution in [0.3, 0.4) is 0 Å². The molecular weight excluding hydrogens is 718 g/mol. The summed E-state index contributed by atoms with van der Waals surface area (Å²) in [6.45, 7) is 12.6. The van der Waals surface area contributed by atoms with Crippen molar-refractivity contribution in [1.29, 1.82) is 0 Å². The van der Waals surface area contributed by atoms with Crippen LogP contribution in [0, 0.1) is 23.7 Å². The third kappa shape index (κ3) is 7.73. The molecule has 0 bridgehead atoms. The predicted molar refractivity (Wildman–Crippen MR) is 172 cm³/mol. The zero-order valence-corrected chi connectivity index (χ0v) is 28.3. The van der Waals surface area contributed by atoms with Crippen LogP contribution in [0.1, 0.15) is 78.7 Å². The maximum absolute atomic E-state index is 13.6. The molecule has 2 heterocycles. The SMILES string of the molecule is CC(C)c1cc(-c2[c-]ccc3c2oc2cc(F)ccc23)nc2ccccc12.CCC(CC)/C(O)=C/C(O)C(CC)CC.[Ir]. The van der Waals surface area contributed by atoms with Gasteiger partial charge in [-0.25, -0.2) is 4.39 Å². The normalized spacial score (nSPS) is 12.7. The van der Waals surface area contributed by atoms with Gasteiger partial charge < -0.3 is 14.6 Å². The molecule has 1 radical (unpaired) electrons. The topological polar surface area (TPSA) is 66.5 Å². The van der Waals surface area contributed by atoms with E-state index in [1.807, 2.05) is 30.3 Å². The van der Waals surface area contributed by atoms with E-state index >= 15 is 0 Å². The second-order valence-electron chi connectivity index (χ2n) is 11.3. The van der Waals surface area contributed by atoms with Crippen molar-refractivity contribution in [2.45, 2.75) is 79.2 Å². The van der Waals surface area contributed by atoms with Gasteiger partial charge in [-0.3, -0.25) is 4.98 Å². The van der Waals surface area contributed by atoms with Gasteiger partial charge in [-0.15, -0.1) is 18.2 Å². The van der Waals surface area contributed by atoms with Gasteiger partial charge in [-0.2, -0.15) is 0 Å². The number of halogens is 1. The van der Waals surface area contributed by atoms with Gasteiger partial charge in [0.05, 0.1) is 23.0 Å². The largest absolute Gasteiger partial charge is 0.512 e. The maximum Gasteiger partial charge on any atom is 0.126 e. The van der Waals surface area contributed by atoms with Crippen molar-refractivity contribution in [3.8, 4) is 11.3 Å². The smallest absolute Gasteiger partial charge is 0.126 e. The molecule has 0 saturated heterocycles. The van der Waals surface area contributed by atoms with Gasteiger partial charge in [0.1, 0.15) is 11.4 Å². The molecular formula is C37H43FIrNO3-.